The van der Waals surface area contributed by atoms with E-state index in [1.54, 1.807) is 0 Å². The van der Waals surface area contributed by atoms with Crippen molar-refractivity contribution in [2.75, 3.05) is 19.7 Å². The largest absolute Gasteiger partial charge is 0.396 e. The Morgan fingerprint density at radius 2 is 2.12 bits per heavy atom. The fourth-order valence-corrected chi connectivity index (χ4v) is 2.94. The monoisotopic (exact) mass is 226 g/mol. The molecule has 1 heterocycles. The average Bonchev–Trinajstić information content (AvgIpc) is 2.29. The number of carbonyl (C=O) groups excluding carboxylic acids is 1. The third-order valence-electron chi connectivity index (χ3n) is 3.75. The second-order valence-electron chi connectivity index (χ2n) is 4.93. The van der Waals surface area contributed by atoms with Crippen LogP contribution in [0.4, 0.5) is 0 Å². The molecule has 2 fully saturated rings. The van der Waals surface area contributed by atoms with Gasteiger partial charge in [-0.25, -0.2) is 0 Å². The fraction of sp³-hybridized carbons (Fsp3) is 0.917. The van der Waals surface area contributed by atoms with Gasteiger partial charge in [0.25, 0.3) is 0 Å². The Hall–Kier alpha value is -0.610. The summed E-state index contributed by atoms with van der Waals surface area (Å²) in [6.07, 6.45) is 6.71. The number of aliphatic hydroxyl groups excluding tert-OH is 1. The number of hydrogen-bond donors (Lipinski definition) is 2. The van der Waals surface area contributed by atoms with Gasteiger partial charge < -0.3 is 10.4 Å². The molecule has 0 aromatic carbocycles. The van der Waals surface area contributed by atoms with Crippen LogP contribution in [0.15, 0.2) is 0 Å². The summed E-state index contributed by atoms with van der Waals surface area (Å²) in [5.74, 6) is 0.173. The van der Waals surface area contributed by atoms with Crippen LogP contribution in [0.25, 0.3) is 0 Å². The topological polar surface area (TPSA) is 52.6 Å². The van der Waals surface area contributed by atoms with E-state index in [9.17, 15) is 4.79 Å². The van der Waals surface area contributed by atoms with Gasteiger partial charge in [-0.1, -0.05) is 12.8 Å². The number of carbonyl (C=O) groups is 1. The van der Waals surface area contributed by atoms with Gasteiger partial charge in [-0.05, 0) is 32.2 Å². The number of hydrogen-bond acceptors (Lipinski definition) is 3. The zero-order chi connectivity index (χ0) is 11.4. The van der Waals surface area contributed by atoms with Crippen molar-refractivity contribution in [1.29, 1.82) is 0 Å². The minimum atomic E-state index is 0.173. The zero-order valence-corrected chi connectivity index (χ0v) is 9.82. The molecule has 0 spiro atoms. The number of fused-ring (bicyclic) bond motifs is 1. The molecule has 2 unspecified atom stereocenters. The predicted octanol–water partition coefficient (Wildman–Crippen LogP) is 0.502. The molecule has 1 aliphatic carbocycles. The quantitative estimate of drug-likeness (QED) is 0.686. The van der Waals surface area contributed by atoms with Crippen LogP contribution in [0.1, 0.15) is 38.5 Å². The van der Waals surface area contributed by atoms with E-state index in [0.717, 1.165) is 25.8 Å². The Bertz CT molecular complexity index is 245. The van der Waals surface area contributed by atoms with Crippen molar-refractivity contribution in [2.24, 2.45) is 0 Å². The lowest BCUT2D eigenvalue weighted by atomic mass is 9.87. The molecule has 0 aromatic rings. The molecule has 0 aromatic heterocycles. The standard InChI is InChI=1S/C12H22N2O2/c15-8-4-3-7-14-9-12(16)13-10-5-1-2-6-11(10)14/h10-11,15H,1-9H2,(H,13,16). The summed E-state index contributed by atoms with van der Waals surface area (Å²) in [7, 11) is 0. The molecule has 1 saturated carbocycles. The maximum absolute atomic E-state index is 11.6. The van der Waals surface area contributed by atoms with Crippen LogP contribution in [-0.4, -0.2) is 47.7 Å². The van der Waals surface area contributed by atoms with E-state index in [-0.39, 0.29) is 12.5 Å². The first-order valence-electron chi connectivity index (χ1n) is 6.45. The molecule has 1 saturated heterocycles. The maximum atomic E-state index is 11.6. The summed E-state index contributed by atoms with van der Waals surface area (Å²) in [5, 5.41) is 11.9. The van der Waals surface area contributed by atoms with Crippen molar-refractivity contribution in [3.8, 4) is 0 Å². The van der Waals surface area contributed by atoms with Gasteiger partial charge in [0.15, 0.2) is 0 Å². The van der Waals surface area contributed by atoms with Crippen LogP contribution < -0.4 is 5.32 Å². The van der Waals surface area contributed by atoms with E-state index in [1.807, 2.05) is 0 Å². The van der Waals surface area contributed by atoms with Crippen LogP contribution in [0, 0.1) is 0 Å². The highest BCUT2D eigenvalue weighted by molar-refractivity contribution is 5.79. The maximum Gasteiger partial charge on any atom is 0.234 e. The van der Waals surface area contributed by atoms with Crippen LogP contribution in [0.3, 0.4) is 0 Å². The number of nitrogens with one attached hydrogen (secondary N) is 1. The van der Waals surface area contributed by atoms with Crippen LogP contribution >= 0.6 is 0 Å². The summed E-state index contributed by atoms with van der Waals surface area (Å²) >= 11 is 0. The van der Waals surface area contributed by atoms with Crippen molar-refractivity contribution >= 4 is 5.91 Å². The summed E-state index contributed by atoms with van der Waals surface area (Å²) < 4.78 is 0. The lowest BCUT2D eigenvalue weighted by molar-refractivity contribution is -0.128. The Labute approximate surface area is 97.0 Å². The number of rotatable bonds is 4. The summed E-state index contributed by atoms with van der Waals surface area (Å²) in [6.45, 7) is 1.76. The lowest BCUT2D eigenvalue weighted by Gasteiger charge is -2.44. The molecule has 4 nitrogen and oxygen atoms in total. The minimum absolute atomic E-state index is 0.173. The van der Waals surface area contributed by atoms with Gasteiger partial charge in [0, 0.05) is 18.7 Å². The van der Waals surface area contributed by atoms with E-state index < -0.39 is 0 Å². The number of aliphatic hydroxyl groups is 1. The molecular weight excluding hydrogens is 204 g/mol. The molecule has 2 N–H and O–H groups in total. The van der Waals surface area contributed by atoms with Gasteiger partial charge in [-0.3, -0.25) is 9.69 Å². The van der Waals surface area contributed by atoms with E-state index in [4.69, 9.17) is 5.11 Å². The Morgan fingerprint density at radius 1 is 1.31 bits per heavy atom. The molecule has 16 heavy (non-hydrogen) atoms. The molecule has 92 valence electrons. The second kappa shape index (κ2) is 5.64. The van der Waals surface area contributed by atoms with Crippen molar-refractivity contribution in [1.82, 2.24) is 10.2 Å². The minimum Gasteiger partial charge on any atom is -0.396 e. The molecule has 0 bridgehead atoms. The molecular formula is C12H22N2O2. The van der Waals surface area contributed by atoms with Gasteiger partial charge in [0.05, 0.1) is 6.54 Å². The average molecular weight is 226 g/mol. The van der Waals surface area contributed by atoms with E-state index in [2.05, 4.69) is 10.2 Å². The van der Waals surface area contributed by atoms with Crippen molar-refractivity contribution < 1.29 is 9.90 Å². The van der Waals surface area contributed by atoms with Crippen LogP contribution in [0.5, 0.6) is 0 Å². The number of unbranched alkanes of at least 4 members (excludes halogenated alkanes) is 1. The molecule has 2 rings (SSSR count). The third-order valence-corrected chi connectivity index (χ3v) is 3.75. The lowest BCUT2D eigenvalue weighted by Crippen LogP contribution is -2.61. The van der Waals surface area contributed by atoms with Crippen LogP contribution in [-0.2, 0) is 4.79 Å². The first-order chi connectivity index (χ1) is 7.81. The first kappa shape index (κ1) is 11.9. The van der Waals surface area contributed by atoms with Gasteiger partial charge in [-0.15, -0.1) is 0 Å². The smallest absolute Gasteiger partial charge is 0.234 e. The van der Waals surface area contributed by atoms with Gasteiger partial charge in [0.1, 0.15) is 0 Å². The first-order valence-corrected chi connectivity index (χ1v) is 6.45. The Kier molecular flexibility index (Phi) is 4.18. The molecule has 0 radical (unpaired) electrons. The van der Waals surface area contributed by atoms with Gasteiger partial charge in [-0.2, -0.15) is 0 Å². The van der Waals surface area contributed by atoms with Crippen molar-refractivity contribution in [3.63, 3.8) is 0 Å². The van der Waals surface area contributed by atoms with Gasteiger partial charge >= 0.3 is 0 Å². The van der Waals surface area contributed by atoms with E-state index in [0.29, 0.717) is 18.6 Å². The van der Waals surface area contributed by atoms with Crippen molar-refractivity contribution in [2.45, 2.75) is 50.6 Å². The highest BCUT2D eigenvalue weighted by Gasteiger charge is 2.35. The molecule has 1 aliphatic heterocycles. The number of piperazine rings is 1. The SMILES string of the molecule is O=C1CN(CCCCO)C2CCCCC2N1. The summed E-state index contributed by atoms with van der Waals surface area (Å²) in [6, 6.07) is 0.925. The third kappa shape index (κ3) is 2.74. The zero-order valence-electron chi connectivity index (χ0n) is 9.82. The molecule has 1 amide bonds. The molecule has 2 atom stereocenters. The van der Waals surface area contributed by atoms with Crippen LogP contribution in [0.2, 0.25) is 0 Å². The number of amides is 1. The Morgan fingerprint density at radius 3 is 2.94 bits per heavy atom. The summed E-state index contributed by atoms with van der Waals surface area (Å²) in [4.78, 5) is 13.9. The molecule has 2 aliphatic rings. The highest BCUT2D eigenvalue weighted by atomic mass is 16.2. The van der Waals surface area contributed by atoms with E-state index in [1.165, 1.54) is 19.3 Å². The van der Waals surface area contributed by atoms with E-state index >= 15 is 0 Å². The fourth-order valence-electron chi connectivity index (χ4n) is 2.94. The van der Waals surface area contributed by atoms with Crippen molar-refractivity contribution in [3.05, 3.63) is 0 Å². The van der Waals surface area contributed by atoms with Gasteiger partial charge in [0.2, 0.25) is 5.91 Å². The number of nitrogens with zero attached hydrogens (tertiary/aromatic N) is 1. The second-order valence-corrected chi connectivity index (χ2v) is 4.93. The molecule has 4 heteroatoms. The summed E-state index contributed by atoms with van der Waals surface area (Å²) in [5.41, 5.74) is 0. The Balaban J connectivity index is 1.90. The predicted molar refractivity (Wildman–Crippen MR) is 62.1 cm³/mol. The normalized spacial score (nSPS) is 30.9. The highest BCUT2D eigenvalue weighted by Crippen LogP contribution is 2.25.